The molecule has 2 aromatic carbocycles. The second-order valence-electron chi connectivity index (χ2n) is 6.36. The molecule has 0 saturated carbocycles. The number of nitrogens with one attached hydrogen (secondary N) is 1. The average molecular weight is 387 g/mol. The Kier molecular flexibility index (Phi) is 7.22. The highest BCUT2D eigenvalue weighted by atomic mass is 19.1. The highest BCUT2D eigenvalue weighted by Gasteiger charge is 2.11. The van der Waals surface area contributed by atoms with Crippen LogP contribution in [0.2, 0.25) is 0 Å². The zero-order chi connectivity index (χ0) is 19.8. The molecule has 0 saturated heterocycles. The molecule has 7 heteroatoms. The Morgan fingerprint density at radius 3 is 2.57 bits per heavy atom. The Bertz CT molecular complexity index is 880. The summed E-state index contributed by atoms with van der Waals surface area (Å²) >= 11 is 0. The number of benzene rings is 2. The van der Waals surface area contributed by atoms with Crippen molar-refractivity contribution in [3.63, 3.8) is 0 Å². The molecular formula is C21H26FN3O3. The largest absolute Gasteiger partial charge is 0.497 e. The fraction of sp³-hybridized carbons (Fsp3) is 0.381. The van der Waals surface area contributed by atoms with Gasteiger partial charge in [-0.1, -0.05) is 0 Å². The summed E-state index contributed by atoms with van der Waals surface area (Å²) in [6.45, 7) is 3.32. The Morgan fingerprint density at radius 1 is 1.04 bits per heavy atom. The Hall–Kier alpha value is -2.64. The van der Waals surface area contributed by atoms with Gasteiger partial charge in [-0.2, -0.15) is 0 Å². The summed E-state index contributed by atoms with van der Waals surface area (Å²) in [7, 11) is 3.35. The maximum absolute atomic E-state index is 13.0. The number of ether oxygens (including phenoxy) is 3. The van der Waals surface area contributed by atoms with E-state index in [2.05, 4.69) is 9.88 Å². The van der Waals surface area contributed by atoms with Gasteiger partial charge in [-0.25, -0.2) is 9.37 Å². The number of hydrogen-bond donors (Lipinski definition) is 1. The average Bonchev–Trinajstić information content (AvgIpc) is 3.06. The van der Waals surface area contributed by atoms with Crippen LogP contribution in [0.3, 0.4) is 0 Å². The van der Waals surface area contributed by atoms with Gasteiger partial charge in [0.15, 0.2) is 0 Å². The number of rotatable bonds is 11. The first-order chi connectivity index (χ1) is 13.7. The second-order valence-corrected chi connectivity index (χ2v) is 6.36. The van der Waals surface area contributed by atoms with Gasteiger partial charge in [-0.3, -0.25) is 0 Å². The van der Waals surface area contributed by atoms with E-state index in [1.54, 1.807) is 26.4 Å². The first-order valence-electron chi connectivity index (χ1n) is 9.32. The molecule has 0 aliphatic rings. The molecule has 150 valence electrons. The lowest BCUT2D eigenvalue weighted by Crippen LogP contribution is -2.20. The van der Waals surface area contributed by atoms with Crippen LogP contribution in [0.5, 0.6) is 11.5 Å². The standard InChI is InChI=1S/C21H26FN3O3/c1-26-12-3-10-23-15-21-24-19-14-18(27-2)8-9-20(19)25(21)11-13-28-17-6-4-16(22)5-7-17/h4-9,14,23H,3,10-13,15H2,1-2H3. The molecular weight excluding hydrogens is 361 g/mol. The van der Waals surface area contributed by atoms with Crippen LogP contribution in [-0.4, -0.2) is 43.5 Å². The summed E-state index contributed by atoms with van der Waals surface area (Å²) in [5, 5.41) is 3.40. The normalized spacial score (nSPS) is 11.1. The van der Waals surface area contributed by atoms with E-state index in [-0.39, 0.29) is 5.82 Å². The molecule has 3 rings (SSSR count). The van der Waals surface area contributed by atoms with Gasteiger partial charge in [-0.15, -0.1) is 0 Å². The molecule has 0 bridgehead atoms. The van der Waals surface area contributed by atoms with Crippen molar-refractivity contribution >= 4 is 11.0 Å². The van der Waals surface area contributed by atoms with E-state index in [9.17, 15) is 4.39 Å². The predicted molar refractivity (Wildman–Crippen MR) is 106 cm³/mol. The van der Waals surface area contributed by atoms with Gasteiger partial charge in [0.05, 0.1) is 31.2 Å². The monoisotopic (exact) mass is 387 g/mol. The number of imidazole rings is 1. The third-order valence-corrected chi connectivity index (χ3v) is 4.42. The number of fused-ring (bicyclic) bond motifs is 1. The molecule has 0 atom stereocenters. The van der Waals surface area contributed by atoms with Crippen LogP contribution in [0.15, 0.2) is 42.5 Å². The molecule has 0 aliphatic carbocycles. The summed E-state index contributed by atoms with van der Waals surface area (Å²) < 4.78 is 31.3. The Balaban J connectivity index is 1.71. The topological polar surface area (TPSA) is 57.5 Å². The minimum atomic E-state index is -0.274. The molecule has 0 radical (unpaired) electrons. The highest BCUT2D eigenvalue weighted by molar-refractivity contribution is 5.77. The van der Waals surface area contributed by atoms with E-state index < -0.39 is 0 Å². The van der Waals surface area contributed by atoms with Gasteiger partial charge in [0.2, 0.25) is 0 Å². The van der Waals surface area contributed by atoms with Crippen molar-refractivity contribution in [2.24, 2.45) is 0 Å². The van der Waals surface area contributed by atoms with Crippen molar-refractivity contribution < 1.29 is 18.6 Å². The molecule has 0 spiro atoms. The van der Waals surface area contributed by atoms with Crippen molar-refractivity contribution in [3.8, 4) is 11.5 Å². The fourth-order valence-corrected chi connectivity index (χ4v) is 3.00. The zero-order valence-corrected chi connectivity index (χ0v) is 16.3. The van der Waals surface area contributed by atoms with Gasteiger partial charge in [-0.05, 0) is 49.4 Å². The molecule has 0 aliphatic heterocycles. The Morgan fingerprint density at radius 2 is 1.82 bits per heavy atom. The number of aromatic nitrogens is 2. The summed E-state index contributed by atoms with van der Waals surface area (Å²) in [5.41, 5.74) is 1.91. The molecule has 3 aromatic rings. The minimum Gasteiger partial charge on any atom is -0.497 e. The van der Waals surface area contributed by atoms with Crippen LogP contribution >= 0.6 is 0 Å². The number of nitrogens with zero attached hydrogens (tertiary/aromatic N) is 2. The number of methoxy groups -OCH3 is 2. The number of halogens is 1. The van der Waals surface area contributed by atoms with Crippen LogP contribution in [0.1, 0.15) is 12.2 Å². The van der Waals surface area contributed by atoms with Gasteiger partial charge in [0.25, 0.3) is 0 Å². The van der Waals surface area contributed by atoms with E-state index in [0.29, 0.717) is 25.4 Å². The van der Waals surface area contributed by atoms with Crippen molar-refractivity contribution in [2.45, 2.75) is 19.5 Å². The van der Waals surface area contributed by atoms with E-state index in [4.69, 9.17) is 19.2 Å². The Labute approximate surface area is 164 Å². The summed E-state index contributed by atoms with van der Waals surface area (Å²) in [6.07, 6.45) is 0.943. The quantitative estimate of drug-likeness (QED) is 0.511. The third-order valence-electron chi connectivity index (χ3n) is 4.42. The summed E-state index contributed by atoms with van der Waals surface area (Å²) in [6, 6.07) is 11.9. The molecule has 1 heterocycles. The lowest BCUT2D eigenvalue weighted by Gasteiger charge is -2.11. The van der Waals surface area contributed by atoms with E-state index >= 15 is 0 Å². The first kappa shape index (κ1) is 20.1. The van der Waals surface area contributed by atoms with Crippen LogP contribution < -0.4 is 14.8 Å². The molecule has 0 unspecified atom stereocenters. The highest BCUT2D eigenvalue weighted by Crippen LogP contribution is 2.22. The fourth-order valence-electron chi connectivity index (χ4n) is 3.00. The first-order valence-corrected chi connectivity index (χ1v) is 9.32. The van der Waals surface area contributed by atoms with Gasteiger partial charge in [0, 0.05) is 19.8 Å². The van der Waals surface area contributed by atoms with Gasteiger partial charge >= 0.3 is 0 Å². The van der Waals surface area contributed by atoms with Crippen molar-refractivity contribution in [1.29, 1.82) is 0 Å². The van der Waals surface area contributed by atoms with Gasteiger partial charge < -0.3 is 24.1 Å². The van der Waals surface area contributed by atoms with Crippen LogP contribution in [0, 0.1) is 5.82 Å². The van der Waals surface area contributed by atoms with E-state index in [0.717, 1.165) is 42.2 Å². The van der Waals surface area contributed by atoms with Crippen LogP contribution in [-0.2, 0) is 17.8 Å². The molecule has 1 N–H and O–H groups in total. The van der Waals surface area contributed by atoms with Crippen molar-refractivity contribution in [1.82, 2.24) is 14.9 Å². The van der Waals surface area contributed by atoms with Crippen LogP contribution in [0.25, 0.3) is 11.0 Å². The third kappa shape index (κ3) is 5.21. The molecule has 0 amide bonds. The molecule has 28 heavy (non-hydrogen) atoms. The van der Waals surface area contributed by atoms with Crippen molar-refractivity contribution in [3.05, 3.63) is 54.1 Å². The van der Waals surface area contributed by atoms with Gasteiger partial charge in [0.1, 0.15) is 29.7 Å². The van der Waals surface area contributed by atoms with E-state index in [1.807, 2.05) is 18.2 Å². The maximum atomic E-state index is 13.0. The number of hydrogen-bond acceptors (Lipinski definition) is 5. The van der Waals surface area contributed by atoms with Crippen LogP contribution in [0.4, 0.5) is 4.39 Å². The zero-order valence-electron chi connectivity index (χ0n) is 16.3. The maximum Gasteiger partial charge on any atom is 0.124 e. The molecule has 6 nitrogen and oxygen atoms in total. The minimum absolute atomic E-state index is 0.274. The summed E-state index contributed by atoms with van der Waals surface area (Å²) in [4.78, 5) is 4.76. The molecule has 0 fully saturated rings. The SMILES string of the molecule is COCCCNCc1nc2cc(OC)ccc2n1CCOc1ccc(F)cc1. The predicted octanol–water partition coefficient (Wildman–Crippen LogP) is 3.39. The van der Waals surface area contributed by atoms with E-state index in [1.165, 1.54) is 12.1 Å². The summed E-state index contributed by atoms with van der Waals surface area (Å²) in [5.74, 6) is 2.08. The second kappa shape index (κ2) is 10.1. The molecule has 1 aromatic heterocycles. The smallest absolute Gasteiger partial charge is 0.124 e. The lowest BCUT2D eigenvalue weighted by molar-refractivity contribution is 0.194. The lowest BCUT2D eigenvalue weighted by atomic mass is 10.3. The van der Waals surface area contributed by atoms with Crippen molar-refractivity contribution in [2.75, 3.05) is 34.0 Å².